The van der Waals surface area contributed by atoms with E-state index in [1.165, 1.54) is 13.2 Å². The summed E-state index contributed by atoms with van der Waals surface area (Å²) in [5.41, 5.74) is 2.96. The Balaban J connectivity index is 1.37. The molecule has 5 heteroatoms. The molecule has 2 nitrogen and oxygen atoms in total. The summed E-state index contributed by atoms with van der Waals surface area (Å²) in [6, 6.07) is 15.3. The first-order chi connectivity index (χ1) is 16.0. The van der Waals surface area contributed by atoms with Crippen LogP contribution in [0.1, 0.15) is 54.7 Å². The van der Waals surface area contributed by atoms with E-state index in [0.29, 0.717) is 17.0 Å². The number of ether oxygens (including phenoxy) is 1. The molecule has 1 saturated carbocycles. The molecular weight excluding hydrogens is 425 g/mol. The SMILES string of the molecule is COc1ccc(CCC2CCC(c3ccc(-c4ccc(CO)cc4)c(F)c3F)CC2)cc1F. The van der Waals surface area contributed by atoms with Crippen LogP contribution in [-0.2, 0) is 13.0 Å². The van der Waals surface area contributed by atoms with Crippen LogP contribution < -0.4 is 4.74 Å². The summed E-state index contributed by atoms with van der Waals surface area (Å²) in [5, 5.41) is 9.17. The minimum Gasteiger partial charge on any atom is -0.494 e. The second kappa shape index (κ2) is 10.4. The standard InChI is InChI=1S/C28H29F3O2/c1-33-26-15-8-19(16-25(26)29)3-2-18-4-9-21(10-5-18)23-13-14-24(28(31)27(23)30)22-11-6-20(17-32)7-12-22/h6-8,11-16,18,21,32H,2-5,9-10,17H2,1H3. The van der Waals surface area contributed by atoms with Crippen LogP contribution in [0.2, 0.25) is 0 Å². The van der Waals surface area contributed by atoms with Crippen LogP contribution in [0.25, 0.3) is 11.1 Å². The molecule has 0 aliphatic heterocycles. The molecule has 0 spiro atoms. The fourth-order valence-electron chi connectivity index (χ4n) is 4.89. The van der Waals surface area contributed by atoms with Crippen molar-refractivity contribution in [1.82, 2.24) is 0 Å². The van der Waals surface area contributed by atoms with Gasteiger partial charge in [0.1, 0.15) is 0 Å². The van der Waals surface area contributed by atoms with E-state index in [9.17, 15) is 13.2 Å². The maximum atomic E-state index is 15.0. The molecule has 1 fully saturated rings. The lowest BCUT2D eigenvalue weighted by atomic mass is 9.76. The van der Waals surface area contributed by atoms with Crippen LogP contribution >= 0.6 is 0 Å². The second-order valence-corrected chi connectivity index (χ2v) is 8.91. The minimum absolute atomic E-state index is 0.0139. The third kappa shape index (κ3) is 5.25. The molecule has 3 aromatic rings. The fraction of sp³-hybridized carbons (Fsp3) is 0.357. The van der Waals surface area contributed by atoms with Crippen molar-refractivity contribution in [1.29, 1.82) is 0 Å². The zero-order valence-corrected chi connectivity index (χ0v) is 18.8. The monoisotopic (exact) mass is 454 g/mol. The van der Waals surface area contributed by atoms with Crippen LogP contribution in [0.4, 0.5) is 13.2 Å². The summed E-state index contributed by atoms with van der Waals surface area (Å²) in [7, 11) is 1.45. The van der Waals surface area contributed by atoms with E-state index in [0.717, 1.165) is 49.7 Å². The van der Waals surface area contributed by atoms with E-state index < -0.39 is 11.6 Å². The van der Waals surface area contributed by atoms with Gasteiger partial charge in [-0.05, 0) is 84.7 Å². The lowest BCUT2D eigenvalue weighted by Gasteiger charge is -2.29. The lowest BCUT2D eigenvalue weighted by Crippen LogP contribution is -2.15. The molecule has 1 aliphatic rings. The van der Waals surface area contributed by atoms with Gasteiger partial charge in [0.2, 0.25) is 0 Å². The largest absolute Gasteiger partial charge is 0.494 e. The highest BCUT2D eigenvalue weighted by Crippen LogP contribution is 2.40. The molecule has 33 heavy (non-hydrogen) atoms. The van der Waals surface area contributed by atoms with Crippen molar-refractivity contribution in [3.05, 3.63) is 88.7 Å². The van der Waals surface area contributed by atoms with Gasteiger partial charge in [-0.3, -0.25) is 0 Å². The summed E-state index contributed by atoms with van der Waals surface area (Å²) >= 11 is 0. The van der Waals surface area contributed by atoms with Crippen LogP contribution in [0, 0.1) is 23.4 Å². The summed E-state index contributed by atoms with van der Waals surface area (Å²) in [6.45, 7) is -0.0876. The summed E-state index contributed by atoms with van der Waals surface area (Å²) in [5.74, 6) is -1.14. The third-order valence-corrected chi connectivity index (χ3v) is 6.90. The maximum Gasteiger partial charge on any atom is 0.166 e. The number of aryl methyl sites for hydroxylation is 1. The Labute approximate surface area is 193 Å². The number of hydrogen-bond acceptors (Lipinski definition) is 2. The first-order valence-corrected chi connectivity index (χ1v) is 11.5. The van der Waals surface area contributed by atoms with E-state index in [2.05, 4.69) is 0 Å². The zero-order valence-electron chi connectivity index (χ0n) is 18.8. The van der Waals surface area contributed by atoms with Crippen LogP contribution in [0.15, 0.2) is 54.6 Å². The molecule has 0 amide bonds. The van der Waals surface area contributed by atoms with E-state index in [1.807, 2.05) is 6.07 Å². The van der Waals surface area contributed by atoms with Gasteiger partial charge in [0, 0.05) is 5.56 Å². The molecule has 0 unspecified atom stereocenters. The molecule has 0 radical (unpaired) electrons. The number of hydrogen-bond donors (Lipinski definition) is 1. The van der Waals surface area contributed by atoms with Crippen molar-refractivity contribution in [2.45, 2.75) is 51.0 Å². The average molecular weight is 455 g/mol. The van der Waals surface area contributed by atoms with Crippen molar-refractivity contribution >= 4 is 0 Å². The molecule has 4 rings (SSSR count). The number of methoxy groups -OCH3 is 1. The Morgan fingerprint density at radius 3 is 2.18 bits per heavy atom. The smallest absolute Gasteiger partial charge is 0.166 e. The van der Waals surface area contributed by atoms with Gasteiger partial charge < -0.3 is 9.84 Å². The molecule has 0 heterocycles. The topological polar surface area (TPSA) is 29.5 Å². The van der Waals surface area contributed by atoms with Gasteiger partial charge in [0.25, 0.3) is 0 Å². The lowest BCUT2D eigenvalue weighted by molar-refractivity contribution is 0.282. The molecule has 0 aromatic heterocycles. The number of aliphatic hydroxyl groups is 1. The molecule has 0 bridgehead atoms. The molecule has 1 N–H and O–H groups in total. The highest BCUT2D eigenvalue weighted by Gasteiger charge is 2.26. The molecule has 0 atom stereocenters. The Hall–Kier alpha value is -2.79. The summed E-state index contributed by atoms with van der Waals surface area (Å²) in [4.78, 5) is 0. The first-order valence-electron chi connectivity index (χ1n) is 11.5. The van der Waals surface area contributed by atoms with Crippen LogP contribution in [0.3, 0.4) is 0 Å². The second-order valence-electron chi connectivity index (χ2n) is 8.91. The van der Waals surface area contributed by atoms with Crippen molar-refractivity contribution < 1.29 is 23.0 Å². The predicted molar refractivity (Wildman–Crippen MR) is 124 cm³/mol. The Morgan fingerprint density at radius 1 is 0.848 bits per heavy atom. The van der Waals surface area contributed by atoms with E-state index in [1.54, 1.807) is 42.5 Å². The van der Waals surface area contributed by atoms with Crippen LogP contribution in [0.5, 0.6) is 5.75 Å². The summed E-state index contributed by atoms with van der Waals surface area (Å²) in [6.07, 6.45) is 5.30. The minimum atomic E-state index is -0.812. The van der Waals surface area contributed by atoms with Crippen molar-refractivity contribution in [3.63, 3.8) is 0 Å². The zero-order chi connectivity index (χ0) is 23.4. The molecule has 174 valence electrons. The van der Waals surface area contributed by atoms with Gasteiger partial charge in [-0.1, -0.05) is 42.5 Å². The van der Waals surface area contributed by atoms with Crippen molar-refractivity contribution in [3.8, 4) is 16.9 Å². The maximum absolute atomic E-state index is 15.0. The molecular formula is C28H29F3O2. The Morgan fingerprint density at radius 2 is 1.55 bits per heavy atom. The fourth-order valence-corrected chi connectivity index (χ4v) is 4.89. The first kappa shape index (κ1) is 23.4. The van der Waals surface area contributed by atoms with Gasteiger partial charge in [0.05, 0.1) is 13.7 Å². The number of rotatable bonds is 7. The van der Waals surface area contributed by atoms with Gasteiger partial charge >= 0.3 is 0 Å². The van der Waals surface area contributed by atoms with Crippen molar-refractivity contribution in [2.75, 3.05) is 7.11 Å². The highest BCUT2D eigenvalue weighted by molar-refractivity contribution is 5.65. The van der Waals surface area contributed by atoms with Gasteiger partial charge in [-0.25, -0.2) is 13.2 Å². The normalized spacial score (nSPS) is 18.3. The molecule has 1 aliphatic carbocycles. The number of benzene rings is 3. The number of halogens is 3. The third-order valence-electron chi connectivity index (χ3n) is 6.90. The highest BCUT2D eigenvalue weighted by atomic mass is 19.2. The van der Waals surface area contributed by atoms with Gasteiger partial charge in [0.15, 0.2) is 23.2 Å². The van der Waals surface area contributed by atoms with Crippen molar-refractivity contribution in [2.24, 2.45) is 5.92 Å². The molecule has 0 saturated heterocycles. The van der Waals surface area contributed by atoms with Gasteiger partial charge in [-0.15, -0.1) is 0 Å². The quantitative estimate of drug-likeness (QED) is 0.410. The number of aliphatic hydroxyl groups excluding tert-OH is 1. The van der Waals surface area contributed by atoms with Crippen LogP contribution in [-0.4, -0.2) is 12.2 Å². The molecule has 3 aromatic carbocycles. The summed E-state index contributed by atoms with van der Waals surface area (Å²) < 4.78 is 48.7. The van der Waals surface area contributed by atoms with Gasteiger partial charge in [-0.2, -0.15) is 0 Å². The Bertz CT molecular complexity index is 1090. The predicted octanol–water partition coefficient (Wildman–Crippen LogP) is 7.18. The Kier molecular flexibility index (Phi) is 7.39. The van der Waals surface area contributed by atoms with E-state index in [4.69, 9.17) is 9.84 Å². The van der Waals surface area contributed by atoms with E-state index >= 15 is 0 Å². The van der Waals surface area contributed by atoms with E-state index in [-0.39, 0.29) is 29.7 Å². The average Bonchev–Trinajstić information content (AvgIpc) is 2.85.